The predicted octanol–water partition coefficient (Wildman–Crippen LogP) is 3.56. The van der Waals surface area contributed by atoms with Crippen molar-refractivity contribution >= 4 is 22.2 Å². The summed E-state index contributed by atoms with van der Waals surface area (Å²) in [5.74, 6) is 1.25. The molecule has 4 rings (SSSR count). The molecule has 0 aliphatic carbocycles. The Morgan fingerprint density at radius 2 is 2.03 bits per heavy atom. The van der Waals surface area contributed by atoms with Crippen LogP contribution in [-0.4, -0.2) is 37.4 Å². The number of carbonyl (C=O) groups excluding carboxylic acids is 1. The highest BCUT2D eigenvalue weighted by Gasteiger charge is 2.20. The number of para-hydroxylation sites is 1. The quantitative estimate of drug-likeness (QED) is 0.482. The highest BCUT2D eigenvalue weighted by atomic mass is 32.1. The smallest absolute Gasteiger partial charge is 0.257 e. The first-order chi connectivity index (χ1) is 13.9. The summed E-state index contributed by atoms with van der Waals surface area (Å²) >= 11 is 1.64. The van der Waals surface area contributed by atoms with Gasteiger partial charge in [-0.05, 0) is 26.0 Å². The Morgan fingerprint density at radius 1 is 1.24 bits per heavy atom. The molecule has 29 heavy (non-hydrogen) atoms. The van der Waals surface area contributed by atoms with Gasteiger partial charge in [-0.15, -0.1) is 11.3 Å². The van der Waals surface area contributed by atoms with E-state index in [9.17, 15) is 4.79 Å². The molecule has 0 saturated heterocycles. The minimum Gasteiger partial charge on any atom is -0.485 e. The number of thiazole rings is 1. The van der Waals surface area contributed by atoms with E-state index in [4.69, 9.17) is 9.26 Å². The molecule has 4 aromatic rings. The lowest BCUT2D eigenvalue weighted by Gasteiger charge is -2.19. The summed E-state index contributed by atoms with van der Waals surface area (Å²) in [4.78, 5) is 25.6. The van der Waals surface area contributed by atoms with Gasteiger partial charge in [0, 0.05) is 25.0 Å². The molecule has 0 atom stereocenters. The van der Waals surface area contributed by atoms with Crippen molar-refractivity contribution in [2.24, 2.45) is 0 Å². The number of aryl methyl sites for hydroxylation is 3. The van der Waals surface area contributed by atoms with Crippen LogP contribution in [0.2, 0.25) is 0 Å². The Hall–Kier alpha value is -3.20. The first kappa shape index (κ1) is 19.1. The Bertz CT molecular complexity index is 1180. The Labute approximate surface area is 171 Å². The molecule has 1 aromatic carbocycles. The van der Waals surface area contributed by atoms with E-state index in [1.807, 2.05) is 26.0 Å². The molecule has 1 amide bonds. The zero-order chi connectivity index (χ0) is 20.5. The van der Waals surface area contributed by atoms with E-state index in [1.165, 1.54) is 4.88 Å². The van der Waals surface area contributed by atoms with Crippen molar-refractivity contribution in [1.82, 2.24) is 24.4 Å². The maximum atomic E-state index is 13.1. The summed E-state index contributed by atoms with van der Waals surface area (Å²) < 4.78 is 12.8. The van der Waals surface area contributed by atoms with Crippen molar-refractivity contribution in [2.45, 2.75) is 33.9 Å². The van der Waals surface area contributed by atoms with Gasteiger partial charge in [0.2, 0.25) is 11.7 Å². The van der Waals surface area contributed by atoms with Crippen molar-refractivity contribution in [3.05, 3.63) is 64.0 Å². The lowest BCUT2D eigenvalue weighted by atomic mass is 10.1. The van der Waals surface area contributed by atoms with Gasteiger partial charge in [-0.25, -0.2) is 4.98 Å². The van der Waals surface area contributed by atoms with Crippen LogP contribution in [0.4, 0.5) is 0 Å². The molecule has 8 nitrogen and oxygen atoms in total. The molecular weight excluding hydrogens is 390 g/mol. The summed E-state index contributed by atoms with van der Waals surface area (Å²) in [6.45, 7) is 6.30. The number of hydrogen-bond acceptors (Lipinski definition) is 7. The van der Waals surface area contributed by atoms with E-state index < -0.39 is 0 Å². The van der Waals surface area contributed by atoms with Crippen LogP contribution in [-0.2, 0) is 13.2 Å². The SMILES string of the molecule is Cc1nc(COc2ccccc2C(=O)N(C)Cc2c(C)nc3sc(C)cn23)no1. The van der Waals surface area contributed by atoms with Gasteiger partial charge >= 0.3 is 0 Å². The molecule has 3 heterocycles. The van der Waals surface area contributed by atoms with Crippen molar-refractivity contribution in [1.29, 1.82) is 0 Å². The van der Waals surface area contributed by atoms with Crippen LogP contribution in [0, 0.1) is 20.8 Å². The van der Waals surface area contributed by atoms with Crippen molar-refractivity contribution < 1.29 is 14.1 Å². The third-order valence-electron chi connectivity index (χ3n) is 4.52. The number of carbonyl (C=O) groups is 1. The minimum atomic E-state index is -0.133. The molecule has 0 saturated carbocycles. The highest BCUT2D eigenvalue weighted by molar-refractivity contribution is 7.17. The summed E-state index contributed by atoms with van der Waals surface area (Å²) in [6, 6.07) is 7.16. The van der Waals surface area contributed by atoms with Gasteiger partial charge in [0.25, 0.3) is 5.91 Å². The molecule has 0 aliphatic heterocycles. The molecule has 3 aromatic heterocycles. The average Bonchev–Trinajstić information content (AvgIpc) is 3.35. The van der Waals surface area contributed by atoms with E-state index in [-0.39, 0.29) is 12.5 Å². The molecule has 0 bridgehead atoms. The maximum Gasteiger partial charge on any atom is 0.257 e. The van der Waals surface area contributed by atoms with Crippen LogP contribution in [0.25, 0.3) is 4.96 Å². The largest absolute Gasteiger partial charge is 0.485 e. The monoisotopic (exact) mass is 411 g/mol. The zero-order valence-corrected chi connectivity index (χ0v) is 17.5. The van der Waals surface area contributed by atoms with E-state index in [0.29, 0.717) is 29.6 Å². The fourth-order valence-corrected chi connectivity index (χ4v) is 4.00. The minimum absolute atomic E-state index is 0.127. The average molecular weight is 411 g/mol. The maximum absolute atomic E-state index is 13.1. The van der Waals surface area contributed by atoms with Crippen molar-refractivity contribution in [3.63, 3.8) is 0 Å². The molecule has 0 spiro atoms. The van der Waals surface area contributed by atoms with Gasteiger partial charge < -0.3 is 14.2 Å². The molecule has 0 unspecified atom stereocenters. The van der Waals surface area contributed by atoms with Crippen LogP contribution < -0.4 is 4.74 Å². The number of imidazole rings is 1. The van der Waals surface area contributed by atoms with Gasteiger partial charge in [-0.2, -0.15) is 4.98 Å². The number of amides is 1. The fourth-order valence-electron chi connectivity index (χ4n) is 3.11. The standard InChI is InChI=1S/C20H21N5O3S/c1-12-9-25-16(13(2)21-20(25)29-12)10-24(4)19(26)15-7-5-6-8-17(15)27-11-18-22-14(3)28-23-18/h5-9H,10-11H2,1-4H3. The highest BCUT2D eigenvalue weighted by Crippen LogP contribution is 2.24. The lowest BCUT2D eigenvalue weighted by molar-refractivity contribution is 0.0778. The third kappa shape index (κ3) is 3.86. The predicted molar refractivity (Wildman–Crippen MR) is 108 cm³/mol. The molecule has 9 heteroatoms. The van der Waals surface area contributed by atoms with Crippen LogP contribution >= 0.6 is 11.3 Å². The fraction of sp³-hybridized carbons (Fsp3) is 0.300. The zero-order valence-electron chi connectivity index (χ0n) is 16.7. The number of ether oxygens (including phenoxy) is 1. The Kier molecular flexibility index (Phi) is 5.06. The van der Waals surface area contributed by atoms with E-state index >= 15 is 0 Å². The third-order valence-corrected chi connectivity index (χ3v) is 5.42. The van der Waals surface area contributed by atoms with E-state index in [2.05, 4.69) is 25.7 Å². The van der Waals surface area contributed by atoms with Crippen molar-refractivity contribution in [2.75, 3.05) is 7.05 Å². The molecule has 150 valence electrons. The van der Waals surface area contributed by atoms with Gasteiger partial charge in [-0.3, -0.25) is 9.20 Å². The molecule has 0 fully saturated rings. The van der Waals surface area contributed by atoms with Crippen LogP contribution in [0.1, 0.15) is 38.3 Å². The summed E-state index contributed by atoms with van der Waals surface area (Å²) in [5, 5.41) is 3.82. The second kappa shape index (κ2) is 7.67. The Balaban J connectivity index is 1.53. The summed E-state index contributed by atoms with van der Waals surface area (Å²) in [6.07, 6.45) is 2.05. The van der Waals surface area contributed by atoms with Gasteiger partial charge in [0.05, 0.1) is 23.5 Å². The Morgan fingerprint density at radius 3 is 2.79 bits per heavy atom. The van der Waals surface area contributed by atoms with Crippen LogP contribution in [0.3, 0.4) is 0 Å². The topological polar surface area (TPSA) is 85.8 Å². The number of aromatic nitrogens is 4. The molecule has 0 aliphatic rings. The first-order valence-electron chi connectivity index (χ1n) is 9.13. The van der Waals surface area contributed by atoms with Crippen LogP contribution in [0.5, 0.6) is 5.75 Å². The number of benzene rings is 1. The number of nitrogens with zero attached hydrogens (tertiary/aromatic N) is 5. The van der Waals surface area contributed by atoms with Gasteiger partial charge in [0.1, 0.15) is 5.75 Å². The normalized spacial score (nSPS) is 11.2. The molecular formula is C20H21N5O3S. The van der Waals surface area contributed by atoms with E-state index in [1.54, 1.807) is 42.3 Å². The van der Waals surface area contributed by atoms with Gasteiger partial charge in [-0.1, -0.05) is 17.3 Å². The number of fused-ring (bicyclic) bond motifs is 1. The number of hydrogen-bond donors (Lipinski definition) is 0. The van der Waals surface area contributed by atoms with E-state index in [0.717, 1.165) is 16.3 Å². The van der Waals surface area contributed by atoms with Crippen molar-refractivity contribution in [3.8, 4) is 5.75 Å². The lowest BCUT2D eigenvalue weighted by Crippen LogP contribution is -2.27. The van der Waals surface area contributed by atoms with Crippen LogP contribution in [0.15, 0.2) is 35.0 Å². The second-order valence-electron chi connectivity index (χ2n) is 6.81. The second-order valence-corrected chi connectivity index (χ2v) is 8.03. The molecule has 0 radical (unpaired) electrons. The first-order valence-corrected chi connectivity index (χ1v) is 9.94. The van der Waals surface area contributed by atoms with Gasteiger partial charge in [0.15, 0.2) is 11.6 Å². The summed E-state index contributed by atoms with van der Waals surface area (Å²) in [7, 11) is 1.78. The molecule has 0 N–H and O–H groups in total. The number of rotatable bonds is 6. The summed E-state index contributed by atoms with van der Waals surface area (Å²) in [5.41, 5.74) is 2.41.